The molecule has 0 aromatic heterocycles. The maximum Gasteiger partial charge on any atom is 0.0997 e. The van der Waals surface area contributed by atoms with Crippen LogP contribution >= 0.6 is 0 Å². The van der Waals surface area contributed by atoms with E-state index in [-0.39, 0.29) is 0 Å². The number of hydrogen-bond acceptors (Lipinski definition) is 2. The molecule has 0 aromatic carbocycles. The fourth-order valence-corrected chi connectivity index (χ4v) is 3.08. The molecule has 0 unspecified atom stereocenters. The Morgan fingerprint density at radius 3 is 3.20 bits per heavy atom. The van der Waals surface area contributed by atoms with Gasteiger partial charge in [-0.25, -0.2) is 0 Å². The fourth-order valence-electron chi connectivity index (χ4n) is 3.08. The van der Waals surface area contributed by atoms with Crippen molar-refractivity contribution in [3.63, 3.8) is 0 Å². The standard InChI is InChI=1S/C13H17NO/c15-13-5-1-3-9-10-4-2-8-14-12(10)7-6-11(9)13/h1,3,5,11-12,14-15H,2,4,6-8H2/t11-,12-/m0/s1. The molecule has 1 saturated heterocycles. The first-order chi connectivity index (χ1) is 7.36. The van der Waals surface area contributed by atoms with Crippen LogP contribution in [-0.2, 0) is 0 Å². The van der Waals surface area contributed by atoms with Crippen molar-refractivity contribution in [2.45, 2.75) is 31.7 Å². The number of fused-ring (bicyclic) bond motifs is 2. The van der Waals surface area contributed by atoms with Gasteiger partial charge in [0, 0.05) is 12.0 Å². The average molecular weight is 203 g/mol. The van der Waals surface area contributed by atoms with Crippen LogP contribution in [0, 0.1) is 5.92 Å². The zero-order chi connectivity index (χ0) is 10.3. The highest BCUT2D eigenvalue weighted by atomic mass is 16.3. The summed E-state index contributed by atoms with van der Waals surface area (Å²) in [6.45, 7) is 1.15. The predicted octanol–water partition coefficient (Wildman–Crippen LogP) is 2.46. The lowest BCUT2D eigenvalue weighted by Crippen LogP contribution is -2.40. The van der Waals surface area contributed by atoms with Gasteiger partial charge in [-0.15, -0.1) is 0 Å². The maximum atomic E-state index is 9.85. The molecule has 0 aromatic rings. The normalized spacial score (nSPS) is 34.5. The molecule has 0 radical (unpaired) electrons. The topological polar surface area (TPSA) is 32.3 Å². The van der Waals surface area contributed by atoms with Crippen molar-refractivity contribution in [2.75, 3.05) is 6.54 Å². The van der Waals surface area contributed by atoms with Gasteiger partial charge in [-0.1, -0.05) is 12.2 Å². The molecule has 0 spiro atoms. The molecule has 1 fully saturated rings. The Labute approximate surface area is 90.4 Å². The van der Waals surface area contributed by atoms with E-state index in [9.17, 15) is 5.11 Å². The summed E-state index contributed by atoms with van der Waals surface area (Å²) in [6, 6.07) is 0.584. The number of allylic oxidation sites excluding steroid dienone is 4. The molecule has 15 heavy (non-hydrogen) atoms. The molecule has 1 aliphatic heterocycles. The van der Waals surface area contributed by atoms with Gasteiger partial charge in [0.2, 0.25) is 0 Å². The van der Waals surface area contributed by atoms with Gasteiger partial charge in [-0.2, -0.15) is 0 Å². The van der Waals surface area contributed by atoms with Crippen LogP contribution in [0.5, 0.6) is 0 Å². The first-order valence-corrected chi connectivity index (χ1v) is 5.90. The highest BCUT2D eigenvalue weighted by Gasteiger charge is 2.32. The molecular weight excluding hydrogens is 186 g/mol. The quantitative estimate of drug-likeness (QED) is 0.634. The molecule has 2 nitrogen and oxygen atoms in total. The molecule has 0 amide bonds. The van der Waals surface area contributed by atoms with Crippen LogP contribution in [-0.4, -0.2) is 17.7 Å². The van der Waals surface area contributed by atoms with Crippen LogP contribution in [0.2, 0.25) is 0 Å². The molecular formula is C13H17NO. The van der Waals surface area contributed by atoms with Gasteiger partial charge in [0.25, 0.3) is 0 Å². The molecule has 2 N–H and O–H groups in total. The molecule has 0 bridgehead atoms. The van der Waals surface area contributed by atoms with Gasteiger partial charge in [-0.05, 0) is 49.5 Å². The van der Waals surface area contributed by atoms with Gasteiger partial charge in [0.15, 0.2) is 0 Å². The predicted molar refractivity (Wildman–Crippen MR) is 60.6 cm³/mol. The van der Waals surface area contributed by atoms with Crippen LogP contribution in [0.1, 0.15) is 25.7 Å². The minimum absolute atomic E-state index is 0.293. The minimum Gasteiger partial charge on any atom is -0.512 e. The summed E-state index contributed by atoms with van der Waals surface area (Å²) < 4.78 is 0. The highest BCUT2D eigenvalue weighted by molar-refractivity contribution is 5.42. The molecule has 1 heterocycles. The number of rotatable bonds is 0. The number of piperidine rings is 1. The second kappa shape index (κ2) is 3.53. The summed E-state index contributed by atoms with van der Waals surface area (Å²) in [4.78, 5) is 0. The Bertz CT molecular complexity index is 365. The zero-order valence-electron chi connectivity index (χ0n) is 8.87. The Morgan fingerprint density at radius 1 is 1.33 bits per heavy atom. The van der Waals surface area contributed by atoms with Crippen LogP contribution < -0.4 is 5.32 Å². The molecule has 80 valence electrons. The van der Waals surface area contributed by atoms with Crippen molar-refractivity contribution in [1.29, 1.82) is 0 Å². The number of aliphatic hydroxyl groups excluding tert-OH is 1. The summed E-state index contributed by atoms with van der Waals surface area (Å²) in [7, 11) is 0. The second-order valence-electron chi connectivity index (χ2n) is 4.67. The molecule has 3 aliphatic rings. The summed E-state index contributed by atoms with van der Waals surface area (Å²) >= 11 is 0. The Kier molecular flexibility index (Phi) is 2.17. The van der Waals surface area contributed by atoms with Crippen molar-refractivity contribution in [2.24, 2.45) is 5.92 Å². The Hall–Kier alpha value is -1.02. The third kappa shape index (κ3) is 1.44. The first-order valence-electron chi connectivity index (χ1n) is 5.90. The second-order valence-corrected chi connectivity index (χ2v) is 4.67. The number of aliphatic hydroxyl groups is 1. The SMILES string of the molecule is OC1=CC=CC2=C3CCCN[C@H]3CC[C@H]12. The summed E-state index contributed by atoms with van der Waals surface area (Å²) in [5.74, 6) is 0.852. The van der Waals surface area contributed by atoms with Crippen LogP contribution in [0.3, 0.4) is 0 Å². The van der Waals surface area contributed by atoms with Crippen LogP contribution in [0.15, 0.2) is 35.1 Å². The largest absolute Gasteiger partial charge is 0.512 e. The Morgan fingerprint density at radius 2 is 2.27 bits per heavy atom. The zero-order valence-corrected chi connectivity index (χ0v) is 8.87. The van der Waals surface area contributed by atoms with Crippen molar-refractivity contribution in [3.05, 3.63) is 35.1 Å². The van der Waals surface area contributed by atoms with E-state index >= 15 is 0 Å². The molecule has 2 aliphatic carbocycles. The molecule has 2 heteroatoms. The molecule has 3 rings (SSSR count). The van der Waals surface area contributed by atoms with Gasteiger partial charge in [0.1, 0.15) is 0 Å². The lowest BCUT2D eigenvalue weighted by atomic mass is 9.74. The van der Waals surface area contributed by atoms with E-state index in [0.717, 1.165) is 13.0 Å². The summed E-state index contributed by atoms with van der Waals surface area (Å²) in [6.07, 6.45) is 10.7. The van der Waals surface area contributed by atoms with E-state index in [1.165, 1.54) is 24.8 Å². The van der Waals surface area contributed by atoms with E-state index in [0.29, 0.717) is 17.7 Å². The van der Waals surface area contributed by atoms with Crippen LogP contribution in [0.25, 0.3) is 0 Å². The fraction of sp³-hybridized carbons (Fsp3) is 0.538. The van der Waals surface area contributed by atoms with Gasteiger partial charge < -0.3 is 10.4 Å². The van der Waals surface area contributed by atoms with Crippen molar-refractivity contribution >= 4 is 0 Å². The minimum atomic E-state index is 0.293. The van der Waals surface area contributed by atoms with E-state index in [1.54, 1.807) is 5.57 Å². The number of hydrogen-bond donors (Lipinski definition) is 2. The lowest BCUT2D eigenvalue weighted by Gasteiger charge is -2.37. The smallest absolute Gasteiger partial charge is 0.0997 e. The van der Waals surface area contributed by atoms with Crippen molar-refractivity contribution < 1.29 is 5.11 Å². The summed E-state index contributed by atoms with van der Waals surface area (Å²) in [5, 5.41) is 13.4. The summed E-state index contributed by atoms with van der Waals surface area (Å²) in [5.41, 5.74) is 2.94. The van der Waals surface area contributed by atoms with E-state index in [1.807, 2.05) is 12.2 Å². The number of nitrogens with one attached hydrogen (secondary N) is 1. The highest BCUT2D eigenvalue weighted by Crippen LogP contribution is 2.39. The lowest BCUT2D eigenvalue weighted by molar-refractivity contribution is 0.310. The van der Waals surface area contributed by atoms with Crippen molar-refractivity contribution in [3.8, 4) is 0 Å². The van der Waals surface area contributed by atoms with Crippen molar-refractivity contribution in [1.82, 2.24) is 5.32 Å². The van der Waals surface area contributed by atoms with E-state index in [2.05, 4.69) is 11.4 Å². The maximum absolute atomic E-state index is 9.85. The molecule has 0 saturated carbocycles. The van der Waals surface area contributed by atoms with Gasteiger partial charge >= 0.3 is 0 Å². The third-order valence-corrected chi connectivity index (χ3v) is 3.82. The third-order valence-electron chi connectivity index (χ3n) is 3.82. The Balaban J connectivity index is 2.01. The van der Waals surface area contributed by atoms with E-state index in [4.69, 9.17) is 0 Å². The van der Waals surface area contributed by atoms with Crippen LogP contribution in [0.4, 0.5) is 0 Å². The van der Waals surface area contributed by atoms with Gasteiger partial charge in [0.05, 0.1) is 5.76 Å². The molecule has 2 atom stereocenters. The first kappa shape index (κ1) is 9.22. The van der Waals surface area contributed by atoms with Gasteiger partial charge in [-0.3, -0.25) is 0 Å². The monoisotopic (exact) mass is 203 g/mol. The average Bonchev–Trinajstić information content (AvgIpc) is 2.29. The van der Waals surface area contributed by atoms with E-state index < -0.39 is 0 Å².